The molecular weight excluding hydrogens is 495 g/mol. The molecule has 13 heteroatoms. The Morgan fingerprint density at radius 3 is 2.20 bits per heavy atom. The topological polar surface area (TPSA) is 64.6 Å². The third kappa shape index (κ3) is 5.21. The van der Waals surface area contributed by atoms with E-state index in [1.807, 2.05) is 18.2 Å². The van der Waals surface area contributed by atoms with Gasteiger partial charge < -0.3 is 0 Å². The molecule has 3 rings (SSSR count). The number of amides is 1. The van der Waals surface area contributed by atoms with Crippen LogP contribution in [0.1, 0.15) is 29.7 Å². The van der Waals surface area contributed by atoms with Crippen molar-refractivity contribution in [2.75, 3.05) is 18.9 Å². The fourth-order valence-corrected chi connectivity index (χ4v) is 4.55. The normalized spacial score (nSPS) is 16.6. The number of carbonyl (C=O) groups excluding carboxylic acids is 1. The van der Waals surface area contributed by atoms with Gasteiger partial charge in [-0.2, -0.15) is 0 Å². The van der Waals surface area contributed by atoms with E-state index in [9.17, 15) is 36.2 Å². The number of hydrogen-bond acceptors (Lipinski definition) is 5. The summed E-state index contributed by atoms with van der Waals surface area (Å²) in [5, 5.41) is 12.1. The number of rotatable bonds is 6. The van der Waals surface area contributed by atoms with Crippen molar-refractivity contribution in [3.63, 3.8) is 0 Å². The third-order valence-corrected chi connectivity index (χ3v) is 6.39. The second-order valence-corrected chi connectivity index (χ2v) is 9.10. The van der Waals surface area contributed by atoms with Gasteiger partial charge in [0.2, 0.25) is 0 Å². The predicted octanol–water partition coefficient (Wildman–Crippen LogP) is 3.81. The Bertz CT molecular complexity index is 1090. The van der Waals surface area contributed by atoms with Gasteiger partial charge in [0.1, 0.15) is 0 Å². The molecule has 0 bridgehead atoms. The molecule has 1 atom stereocenters. The Balaban J connectivity index is 1.91. The van der Waals surface area contributed by atoms with Crippen LogP contribution in [0.5, 0.6) is 0 Å². The van der Waals surface area contributed by atoms with E-state index in [1.165, 1.54) is 11.9 Å². The molecule has 3 N–H and O–H groups in total. The van der Waals surface area contributed by atoms with E-state index >= 15 is 0 Å². The zero-order valence-electron chi connectivity index (χ0n) is 18.7. The van der Waals surface area contributed by atoms with Crippen LogP contribution in [-0.4, -0.2) is 54.9 Å². The van der Waals surface area contributed by atoms with Crippen LogP contribution in [0.4, 0.5) is 32.0 Å². The first kappa shape index (κ1) is 27.1. The van der Waals surface area contributed by atoms with Crippen LogP contribution >= 0.6 is 11.9 Å². The second kappa shape index (κ2) is 9.86. The Labute approximate surface area is 203 Å². The molecule has 0 radical (unpaired) electrons. The maximum absolute atomic E-state index is 13.2. The fraction of sp³-hybridized carbons (Fsp3) is 0.364. The zero-order valence-corrected chi connectivity index (χ0v) is 19.5. The van der Waals surface area contributed by atoms with E-state index < -0.39 is 35.5 Å². The van der Waals surface area contributed by atoms with Gasteiger partial charge in [0.15, 0.2) is 0 Å². The Morgan fingerprint density at radius 2 is 1.69 bits per heavy atom. The SMILES string of the molecule is B=C(C)N1CCc2cc(SNC)ccc2C1C(=O)Nc1ccc(C(O)(C(F)(F)F)C(F)(F)F)cc1. The number of aliphatic hydroxyl groups is 1. The monoisotopic (exact) mass is 517 g/mol. The van der Waals surface area contributed by atoms with E-state index in [4.69, 9.17) is 0 Å². The number of hydrogen-bond donors (Lipinski definition) is 3. The second-order valence-electron chi connectivity index (χ2n) is 8.02. The van der Waals surface area contributed by atoms with Gasteiger partial charge in [-0.25, -0.2) is 0 Å². The van der Waals surface area contributed by atoms with Gasteiger partial charge in [-0.15, -0.1) is 0 Å². The summed E-state index contributed by atoms with van der Waals surface area (Å²) in [7, 11) is 5.69. The first-order valence-electron chi connectivity index (χ1n) is 10.4. The van der Waals surface area contributed by atoms with Crippen molar-refractivity contribution in [1.82, 2.24) is 9.62 Å². The summed E-state index contributed by atoms with van der Waals surface area (Å²) >= 11 is 1.41. The number of nitrogens with one attached hydrogen (secondary N) is 2. The molecular formula is C22H22BF6N3O2S. The number of fused-ring (bicyclic) bond motifs is 1. The molecule has 2 aromatic carbocycles. The summed E-state index contributed by atoms with van der Waals surface area (Å²) < 4.78 is 81.7. The summed E-state index contributed by atoms with van der Waals surface area (Å²) in [5.74, 6) is -0.530. The van der Waals surface area contributed by atoms with Gasteiger partial charge >= 0.3 is 203 Å². The summed E-state index contributed by atoms with van der Waals surface area (Å²) in [6, 6.07) is 7.56. The molecule has 1 unspecified atom stereocenters. The average molecular weight is 517 g/mol. The molecule has 35 heavy (non-hydrogen) atoms. The first-order chi connectivity index (χ1) is 16.2. The van der Waals surface area contributed by atoms with Crippen molar-refractivity contribution in [1.29, 1.82) is 0 Å². The third-order valence-electron chi connectivity index (χ3n) is 5.69. The quantitative estimate of drug-likeness (QED) is 0.309. The van der Waals surface area contributed by atoms with Crippen molar-refractivity contribution >= 4 is 36.6 Å². The molecule has 0 fully saturated rings. The number of anilines is 1. The van der Waals surface area contributed by atoms with Crippen molar-refractivity contribution < 1.29 is 36.2 Å². The summed E-state index contributed by atoms with van der Waals surface area (Å²) in [6.45, 7) is 2.23. The molecule has 5 nitrogen and oxygen atoms in total. The van der Waals surface area contributed by atoms with Gasteiger partial charge in [-0.1, -0.05) is 0 Å². The van der Waals surface area contributed by atoms with E-state index in [2.05, 4.69) is 17.5 Å². The standard InChI is InChI=1S/C22H22BF6N3O2S/c1-12(23)32-10-9-13-11-16(35-30-2)7-8-17(13)18(32)19(33)31-15-5-3-14(4-6-15)20(34,21(24,25)26)22(27,28)29/h3-8,11,18,23,30,34H,9-10H2,1-2H3,(H,31,33). The summed E-state index contributed by atoms with van der Waals surface area (Å²) in [5.41, 5.74) is -4.18. The van der Waals surface area contributed by atoms with Gasteiger partial charge in [0.25, 0.3) is 0 Å². The Kier molecular flexibility index (Phi) is 7.63. The van der Waals surface area contributed by atoms with Crippen LogP contribution in [0.2, 0.25) is 0 Å². The van der Waals surface area contributed by atoms with Crippen molar-refractivity contribution in [2.24, 2.45) is 0 Å². The van der Waals surface area contributed by atoms with Gasteiger partial charge in [0.05, 0.1) is 0 Å². The molecule has 0 saturated heterocycles. The van der Waals surface area contributed by atoms with Crippen LogP contribution in [0.3, 0.4) is 0 Å². The van der Waals surface area contributed by atoms with E-state index in [0.29, 0.717) is 30.7 Å². The molecule has 1 amide bonds. The Morgan fingerprint density at radius 1 is 1.09 bits per heavy atom. The molecule has 0 aromatic heterocycles. The summed E-state index contributed by atoms with van der Waals surface area (Å²) in [4.78, 5) is 16.0. The number of halogens is 6. The van der Waals surface area contributed by atoms with Crippen molar-refractivity contribution in [2.45, 2.75) is 42.2 Å². The van der Waals surface area contributed by atoms with Crippen LogP contribution in [0, 0.1) is 0 Å². The maximum atomic E-state index is 13.2. The molecule has 0 aliphatic carbocycles. The molecule has 1 aliphatic rings. The summed E-state index contributed by atoms with van der Waals surface area (Å²) in [6.07, 6.45) is -11.3. The van der Waals surface area contributed by atoms with E-state index in [-0.39, 0.29) is 5.69 Å². The average Bonchev–Trinajstić information content (AvgIpc) is 2.76. The molecule has 2 aromatic rings. The first-order valence-corrected chi connectivity index (χ1v) is 11.2. The number of alkyl halides is 6. The van der Waals surface area contributed by atoms with E-state index in [0.717, 1.165) is 28.2 Å². The molecule has 0 saturated carbocycles. The predicted molar refractivity (Wildman–Crippen MR) is 123 cm³/mol. The van der Waals surface area contributed by atoms with Crippen molar-refractivity contribution in [3.05, 3.63) is 59.2 Å². The number of nitrogens with zero attached hydrogens (tertiary/aromatic N) is 1. The number of carbonyl (C=O) groups is 1. The molecule has 1 aliphatic heterocycles. The fourth-order valence-electron chi connectivity index (χ4n) is 3.97. The van der Waals surface area contributed by atoms with Crippen LogP contribution in [0.15, 0.2) is 47.4 Å². The van der Waals surface area contributed by atoms with Gasteiger partial charge in [-0.3, -0.25) is 0 Å². The van der Waals surface area contributed by atoms with Crippen molar-refractivity contribution in [3.8, 4) is 0 Å². The van der Waals surface area contributed by atoms with Crippen LogP contribution in [-0.2, 0) is 16.8 Å². The van der Waals surface area contributed by atoms with Gasteiger partial charge in [-0.05, 0) is 0 Å². The van der Waals surface area contributed by atoms with E-state index in [1.54, 1.807) is 18.9 Å². The van der Waals surface area contributed by atoms with Crippen LogP contribution < -0.4 is 10.0 Å². The molecule has 1 heterocycles. The number of benzene rings is 2. The molecule has 0 spiro atoms. The minimum absolute atomic E-state index is 0.0263. The Hall–Kier alpha value is -2.51. The van der Waals surface area contributed by atoms with Crippen LogP contribution in [0.25, 0.3) is 0 Å². The van der Waals surface area contributed by atoms with Gasteiger partial charge in [0, 0.05) is 0 Å². The molecule has 188 valence electrons. The zero-order chi connectivity index (χ0) is 26.2. The minimum atomic E-state index is -5.99.